The molecule has 11 nitrogen and oxygen atoms in total. The Bertz CT molecular complexity index is 2250. The SMILES string of the molecule is CC#CC(CC(=O)OC)c1ccc(O)cc1.CC#CC(CC(=O)OC)c1ccc(OCCCOc2ccc(C(F)(F)F)cc2)cc1.CS(C)(=O)=O.OCCCOc1ccc(C(F)(F)F)cc1. The summed E-state index contributed by atoms with van der Waals surface area (Å²) in [5, 5.41) is 17.6. The van der Waals surface area contributed by atoms with E-state index in [1.807, 2.05) is 12.1 Å². The fourth-order valence-corrected chi connectivity index (χ4v) is 5.03. The predicted octanol–water partition coefficient (Wildman–Crippen LogP) is 9.41. The van der Waals surface area contributed by atoms with Gasteiger partial charge in [0.25, 0.3) is 0 Å². The summed E-state index contributed by atoms with van der Waals surface area (Å²) in [5.74, 6) is 12.1. The van der Waals surface area contributed by atoms with Gasteiger partial charge in [0.15, 0.2) is 0 Å². The Morgan fingerprint density at radius 3 is 1.17 bits per heavy atom. The predicted molar refractivity (Wildman–Crippen MR) is 237 cm³/mol. The lowest BCUT2D eigenvalue weighted by atomic mass is 9.96. The summed E-state index contributed by atoms with van der Waals surface area (Å²) >= 11 is 0. The standard InChI is InChI=1S/C23H23F3O4.C13H14O3.C10H11F3O2.C2H6O2S/c1-3-5-18(16-22(27)28-2)17-6-10-20(11-7-17)29-14-4-15-30-21-12-8-19(9-13-21)23(24,25)26;1-3-4-11(9-13(15)16-2)10-5-7-12(14)8-6-10;11-10(12,13)8-2-4-9(5-3-8)15-7-1-6-14;1-5(2,3)4/h6-13,18H,4,14-16H2,1-2H3;5-8,11,14H,9H2,1-2H3;2-5,14H,1,6-7H2;1-2H3. The summed E-state index contributed by atoms with van der Waals surface area (Å²) in [6.07, 6.45) is -4.93. The van der Waals surface area contributed by atoms with Gasteiger partial charge < -0.3 is 33.9 Å². The van der Waals surface area contributed by atoms with E-state index >= 15 is 0 Å². The van der Waals surface area contributed by atoms with Crippen LogP contribution in [0.4, 0.5) is 26.3 Å². The number of halogens is 6. The molecule has 18 heteroatoms. The van der Waals surface area contributed by atoms with Crippen LogP contribution >= 0.6 is 0 Å². The van der Waals surface area contributed by atoms with Crippen molar-refractivity contribution in [3.8, 4) is 46.7 Å². The molecule has 0 amide bonds. The molecule has 0 saturated carbocycles. The number of phenolic OH excluding ortho intramolecular Hbond substituents is 1. The average Bonchev–Trinajstić information content (AvgIpc) is 3.26. The second kappa shape index (κ2) is 30.0. The van der Waals surface area contributed by atoms with Crippen LogP contribution < -0.4 is 14.2 Å². The zero-order valence-electron chi connectivity index (χ0n) is 37.3. The number of aromatic hydroxyl groups is 1. The molecule has 2 N–H and O–H groups in total. The number of rotatable bonds is 16. The van der Waals surface area contributed by atoms with Crippen molar-refractivity contribution in [3.63, 3.8) is 0 Å². The molecule has 0 saturated heterocycles. The first-order valence-corrected chi connectivity index (χ1v) is 22.2. The number of benzene rings is 4. The highest BCUT2D eigenvalue weighted by Gasteiger charge is 2.30. The van der Waals surface area contributed by atoms with Crippen molar-refractivity contribution in [2.24, 2.45) is 0 Å². The molecule has 0 bridgehead atoms. The smallest absolute Gasteiger partial charge is 0.416 e. The topological polar surface area (TPSA) is 155 Å². The first kappa shape index (κ1) is 57.6. The summed E-state index contributed by atoms with van der Waals surface area (Å²) in [6.45, 7) is 4.44. The fourth-order valence-electron chi connectivity index (χ4n) is 5.03. The van der Waals surface area contributed by atoms with E-state index in [-0.39, 0.29) is 49.0 Å². The molecule has 4 aromatic rings. The molecule has 4 aromatic carbocycles. The Morgan fingerprint density at radius 1 is 0.576 bits per heavy atom. The van der Waals surface area contributed by atoms with Crippen molar-refractivity contribution in [2.75, 3.05) is 53.2 Å². The molecule has 2 atom stereocenters. The quantitative estimate of drug-likeness (QED) is 0.0478. The summed E-state index contributed by atoms with van der Waals surface area (Å²) in [7, 11) is 0.0343. The zero-order valence-corrected chi connectivity index (χ0v) is 38.1. The number of phenols is 1. The number of methoxy groups -OCH3 is 2. The monoisotopic (exact) mass is 952 g/mol. The summed E-state index contributed by atoms with van der Waals surface area (Å²) in [5.41, 5.74) is 0.391. The van der Waals surface area contributed by atoms with E-state index in [0.29, 0.717) is 49.9 Å². The second-order valence-electron chi connectivity index (χ2n) is 13.8. The average molecular weight is 953 g/mol. The molecule has 0 aromatic heterocycles. The Labute approximate surface area is 381 Å². The molecular weight excluding hydrogens is 899 g/mol. The number of aliphatic hydroxyl groups excluding tert-OH is 1. The van der Waals surface area contributed by atoms with Crippen LogP contribution in [0.5, 0.6) is 23.0 Å². The summed E-state index contributed by atoms with van der Waals surface area (Å²) in [4.78, 5) is 22.7. The van der Waals surface area contributed by atoms with Gasteiger partial charge in [0.2, 0.25) is 0 Å². The van der Waals surface area contributed by atoms with E-state index in [1.165, 1.54) is 38.5 Å². The van der Waals surface area contributed by atoms with Gasteiger partial charge in [-0.25, -0.2) is 8.42 Å². The van der Waals surface area contributed by atoms with Gasteiger partial charge in [-0.1, -0.05) is 36.1 Å². The molecule has 66 heavy (non-hydrogen) atoms. The van der Waals surface area contributed by atoms with Crippen molar-refractivity contribution in [1.29, 1.82) is 0 Å². The normalized spacial score (nSPS) is 11.5. The van der Waals surface area contributed by atoms with E-state index < -0.39 is 33.3 Å². The van der Waals surface area contributed by atoms with Gasteiger partial charge in [-0.3, -0.25) is 9.59 Å². The summed E-state index contributed by atoms with van der Waals surface area (Å²) in [6, 6.07) is 23.0. The first-order valence-electron chi connectivity index (χ1n) is 19.9. The number of hydrogen-bond donors (Lipinski definition) is 2. The molecule has 0 aliphatic carbocycles. The number of ether oxygens (including phenoxy) is 5. The highest BCUT2D eigenvalue weighted by Crippen LogP contribution is 2.31. The van der Waals surface area contributed by atoms with Crippen LogP contribution in [0.1, 0.15) is 73.6 Å². The fraction of sp³-hybridized carbons (Fsp3) is 0.375. The van der Waals surface area contributed by atoms with Gasteiger partial charge in [-0.15, -0.1) is 11.8 Å². The summed E-state index contributed by atoms with van der Waals surface area (Å²) < 4.78 is 119. The van der Waals surface area contributed by atoms with Crippen LogP contribution in [0.15, 0.2) is 97.1 Å². The molecule has 0 fully saturated rings. The van der Waals surface area contributed by atoms with Gasteiger partial charge in [-0.2, -0.15) is 26.3 Å². The number of carbonyl (C=O) groups excluding carboxylic acids is 2. The molecular formula is C48H54F6O11S. The molecule has 0 aliphatic rings. The highest BCUT2D eigenvalue weighted by atomic mass is 32.2. The van der Waals surface area contributed by atoms with Crippen molar-refractivity contribution in [1.82, 2.24) is 0 Å². The van der Waals surface area contributed by atoms with E-state index in [4.69, 9.17) is 29.2 Å². The number of esters is 2. The number of alkyl halides is 6. The minimum atomic E-state index is -4.36. The maximum atomic E-state index is 12.5. The number of aliphatic hydroxyl groups is 1. The van der Waals surface area contributed by atoms with E-state index in [9.17, 15) is 44.3 Å². The van der Waals surface area contributed by atoms with Crippen LogP contribution in [-0.4, -0.2) is 83.7 Å². The van der Waals surface area contributed by atoms with Crippen LogP contribution in [0.25, 0.3) is 0 Å². The van der Waals surface area contributed by atoms with Crippen molar-refractivity contribution in [2.45, 2.75) is 63.7 Å². The largest absolute Gasteiger partial charge is 0.508 e. The Kier molecular flexibility index (Phi) is 26.2. The van der Waals surface area contributed by atoms with E-state index in [1.54, 1.807) is 50.2 Å². The van der Waals surface area contributed by atoms with Crippen molar-refractivity contribution >= 4 is 21.8 Å². The van der Waals surface area contributed by atoms with Crippen molar-refractivity contribution in [3.05, 3.63) is 119 Å². The second-order valence-corrected chi connectivity index (χ2v) is 16.1. The third-order valence-electron chi connectivity index (χ3n) is 8.17. The third kappa shape index (κ3) is 25.8. The Hall–Kier alpha value is -6.37. The zero-order chi connectivity index (χ0) is 49.8. The highest BCUT2D eigenvalue weighted by molar-refractivity contribution is 7.89. The van der Waals surface area contributed by atoms with E-state index in [2.05, 4.69) is 28.4 Å². The molecule has 2 unspecified atom stereocenters. The van der Waals surface area contributed by atoms with Gasteiger partial charge in [0.05, 0.1) is 69.8 Å². The Morgan fingerprint density at radius 2 is 0.879 bits per heavy atom. The lowest BCUT2D eigenvalue weighted by Gasteiger charge is -2.12. The van der Waals surface area contributed by atoms with Gasteiger partial charge in [-0.05, 0) is 97.8 Å². The van der Waals surface area contributed by atoms with Gasteiger partial charge in [0, 0.05) is 32.0 Å². The van der Waals surface area contributed by atoms with Gasteiger partial charge in [0.1, 0.15) is 32.8 Å². The Balaban J connectivity index is 0.000000508. The van der Waals surface area contributed by atoms with Crippen LogP contribution in [0.3, 0.4) is 0 Å². The van der Waals surface area contributed by atoms with Crippen LogP contribution in [-0.2, 0) is 41.3 Å². The van der Waals surface area contributed by atoms with E-state index in [0.717, 1.165) is 47.9 Å². The van der Waals surface area contributed by atoms with Crippen LogP contribution in [0, 0.1) is 23.7 Å². The molecule has 0 radical (unpaired) electrons. The van der Waals surface area contributed by atoms with Gasteiger partial charge >= 0.3 is 24.3 Å². The molecule has 0 aliphatic heterocycles. The number of hydrogen-bond acceptors (Lipinski definition) is 11. The number of sulfone groups is 1. The molecule has 4 rings (SSSR count). The molecule has 0 heterocycles. The minimum absolute atomic E-state index is 0.000630. The third-order valence-corrected chi connectivity index (χ3v) is 8.17. The minimum Gasteiger partial charge on any atom is -0.508 e. The number of carbonyl (C=O) groups is 2. The van der Waals surface area contributed by atoms with Crippen molar-refractivity contribution < 1.29 is 78.2 Å². The molecule has 360 valence electrons. The van der Waals surface area contributed by atoms with Crippen LogP contribution in [0.2, 0.25) is 0 Å². The molecule has 0 spiro atoms. The maximum absolute atomic E-state index is 12.5. The lowest BCUT2D eigenvalue weighted by molar-refractivity contribution is -0.141. The maximum Gasteiger partial charge on any atom is 0.416 e. The lowest BCUT2D eigenvalue weighted by Crippen LogP contribution is -2.08. The first-order chi connectivity index (χ1) is 31.0.